The fourth-order valence-electron chi connectivity index (χ4n) is 2.04. The topological polar surface area (TPSA) is 12.9 Å². The van der Waals surface area contributed by atoms with Crippen LogP contribution in [0.1, 0.15) is 0 Å². The third-order valence-corrected chi connectivity index (χ3v) is 3.45. The Labute approximate surface area is 112 Å². The lowest BCUT2D eigenvalue weighted by Crippen LogP contribution is -1.87. The van der Waals surface area contributed by atoms with Crippen molar-refractivity contribution >= 4 is 26.8 Å². The lowest BCUT2D eigenvalue weighted by atomic mass is 10.0. The van der Waals surface area contributed by atoms with Crippen molar-refractivity contribution in [2.75, 3.05) is 0 Å². The second-order valence-electron chi connectivity index (χ2n) is 4.01. The molecular weight excluding hydrogens is 293 g/mol. The molecular formula is C15H9BrFN. The van der Waals surface area contributed by atoms with E-state index in [2.05, 4.69) is 20.9 Å². The molecule has 3 aromatic rings. The van der Waals surface area contributed by atoms with Crippen LogP contribution in [0.3, 0.4) is 0 Å². The molecule has 0 aliphatic rings. The Kier molecular flexibility index (Phi) is 2.84. The summed E-state index contributed by atoms with van der Waals surface area (Å²) >= 11 is 3.49. The summed E-state index contributed by atoms with van der Waals surface area (Å²) in [6.45, 7) is 0. The van der Waals surface area contributed by atoms with Gasteiger partial charge in [-0.15, -0.1) is 0 Å². The van der Waals surface area contributed by atoms with Crippen molar-refractivity contribution < 1.29 is 4.39 Å². The van der Waals surface area contributed by atoms with Gasteiger partial charge in [-0.25, -0.2) is 4.39 Å². The highest BCUT2D eigenvalue weighted by Gasteiger charge is 2.09. The molecule has 0 bridgehead atoms. The van der Waals surface area contributed by atoms with Crippen LogP contribution < -0.4 is 0 Å². The van der Waals surface area contributed by atoms with Crippen LogP contribution in [0.25, 0.3) is 22.0 Å². The van der Waals surface area contributed by atoms with Crippen molar-refractivity contribution in [3.8, 4) is 11.1 Å². The van der Waals surface area contributed by atoms with E-state index >= 15 is 0 Å². The first kappa shape index (κ1) is 11.4. The van der Waals surface area contributed by atoms with Gasteiger partial charge in [-0.3, -0.25) is 4.98 Å². The smallest absolute Gasteiger partial charge is 0.123 e. The van der Waals surface area contributed by atoms with E-state index in [0.29, 0.717) is 0 Å². The minimum Gasteiger partial charge on any atom is -0.255 e. The number of hydrogen-bond acceptors (Lipinski definition) is 1. The van der Waals surface area contributed by atoms with Crippen LogP contribution in [-0.4, -0.2) is 4.98 Å². The summed E-state index contributed by atoms with van der Waals surface area (Å²) in [6.07, 6.45) is 1.75. The van der Waals surface area contributed by atoms with E-state index in [1.807, 2.05) is 30.3 Å². The number of benzene rings is 2. The average molecular weight is 302 g/mol. The summed E-state index contributed by atoms with van der Waals surface area (Å²) in [5.41, 5.74) is 2.81. The van der Waals surface area contributed by atoms with E-state index in [1.54, 1.807) is 12.3 Å². The predicted octanol–water partition coefficient (Wildman–Crippen LogP) is 4.80. The number of nitrogens with zero attached hydrogens (tertiary/aromatic N) is 1. The summed E-state index contributed by atoms with van der Waals surface area (Å²) in [5, 5.41) is 0.815. The summed E-state index contributed by atoms with van der Waals surface area (Å²) in [4.78, 5) is 4.29. The first-order valence-electron chi connectivity index (χ1n) is 5.55. The second-order valence-corrected chi connectivity index (χ2v) is 4.86. The van der Waals surface area contributed by atoms with Crippen LogP contribution in [0, 0.1) is 5.82 Å². The van der Waals surface area contributed by atoms with Crippen LogP contribution in [0.15, 0.2) is 59.2 Å². The van der Waals surface area contributed by atoms with Crippen molar-refractivity contribution in [3.05, 3.63) is 65.0 Å². The molecule has 0 amide bonds. The zero-order chi connectivity index (χ0) is 12.5. The molecule has 2 aromatic carbocycles. The summed E-state index contributed by atoms with van der Waals surface area (Å²) in [6, 6.07) is 14.5. The molecule has 18 heavy (non-hydrogen) atoms. The number of fused-ring (bicyclic) bond motifs is 1. The third kappa shape index (κ3) is 1.91. The Balaban J connectivity index is 2.40. The molecule has 0 radical (unpaired) electrons. The lowest BCUT2D eigenvalue weighted by Gasteiger charge is -2.09. The van der Waals surface area contributed by atoms with Crippen molar-refractivity contribution in [2.24, 2.45) is 0 Å². The van der Waals surface area contributed by atoms with Gasteiger partial charge in [0.25, 0.3) is 0 Å². The zero-order valence-electron chi connectivity index (χ0n) is 9.40. The third-order valence-electron chi connectivity index (χ3n) is 2.85. The first-order chi connectivity index (χ1) is 8.75. The largest absolute Gasteiger partial charge is 0.255 e. The van der Waals surface area contributed by atoms with Gasteiger partial charge in [0.2, 0.25) is 0 Å². The maximum atomic E-state index is 13.4. The maximum Gasteiger partial charge on any atom is 0.123 e. The molecule has 1 nitrogen and oxygen atoms in total. The van der Waals surface area contributed by atoms with Crippen molar-refractivity contribution in [3.63, 3.8) is 0 Å². The normalized spacial score (nSPS) is 10.8. The number of pyridine rings is 1. The number of rotatable bonds is 1. The molecule has 0 N–H and O–H groups in total. The fraction of sp³-hybridized carbons (Fsp3) is 0. The molecule has 0 unspecified atom stereocenters. The van der Waals surface area contributed by atoms with Gasteiger partial charge >= 0.3 is 0 Å². The molecule has 0 saturated carbocycles. The Bertz CT molecular complexity index is 705. The van der Waals surface area contributed by atoms with Gasteiger partial charge in [0, 0.05) is 21.6 Å². The number of aromatic nitrogens is 1. The van der Waals surface area contributed by atoms with Crippen LogP contribution >= 0.6 is 15.9 Å². The van der Waals surface area contributed by atoms with Crippen molar-refractivity contribution in [1.82, 2.24) is 4.98 Å². The quantitative estimate of drug-likeness (QED) is 0.629. The van der Waals surface area contributed by atoms with E-state index in [0.717, 1.165) is 26.5 Å². The van der Waals surface area contributed by atoms with Gasteiger partial charge in [-0.1, -0.05) is 30.3 Å². The van der Waals surface area contributed by atoms with Crippen LogP contribution in [-0.2, 0) is 0 Å². The standard InChI is InChI=1S/C15H9BrFN/c16-13-9-18-14-7-6-11(17)8-12(14)15(13)10-4-2-1-3-5-10/h1-9H. The van der Waals surface area contributed by atoms with Gasteiger partial charge in [0.1, 0.15) is 5.82 Å². The van der Waals surface area contributed by atoms with Crippen LogP contribution in [0.5, 0.6) is 0 Å². The highest BCUT2D eigenvalue weighted by molar-refractivity contribution is 9.10. The van der Waals surface area contributed by atoms with E-state index in [-0.39, 0.29) is 5.82 Å². The van der Waals surface area contributed by atoms with Gasteiger partial charge in [0.15, 0.2) is 0 Å². The Hall–Kier alpha value is -1.74. The fourth-order valence-corrected chi connectivity index (χ4v) is 2.58. The summed E-state index contributed by atoms with van der Waals surface area (Å²) in [5.74, 6) is -0.250. The van der Waals surface area contributed by atoms with E-state index in [9.17, 15) is 4.39 Å². The van der Waals surface area contributed by atoms with Gasteiger partial charge < -0.3 is 0 Å². The van der Waals surface area contributed by atoms with E-state index in [1.165, 1.54) is 12.1 Å². The van der Waals surface area contributed by atoms with Crippen LogP contribution in [0.4, 0.5) is 4.39 Å². The first-order valence-corrected chi connectivity index (χ1v) is 6.34. The Morgan fingerprint density at radius 3 is 2.56 bits per heavy atom. The van der Waals surface area contributed by atoms with Gasteiger partial charge in [0.05, 0.1) is 5.52 Å². The molecule has 3 heteroatoms. The van der Waals surface area contributed by atoms with Crippen molar-refractivity contribution in [1.29, 1.82) is 0 Å². The summed E-state index contributed by atoms with van der Waals surface area (Å²) in [7, 11) is 0. The van der Waals surface area contributed by atoms with Crippen molar-refractivity contribution in [2.45, 2.75) is 0 Å². The molecule has 0 spiro atoms. The molecule has 1 aromatic heterocycles. The lowest BCUT2D eigenvalue weighted by molar-refractivity contribution is 0.629. The zero-order valence-corrected chi connectivity index (χ0v) is 11.0. The Morgan fingerprint density at radius 2 is 1.78 bits per heavy atom. The average Bonchev–Trinajstić information content (AvgIpc) is 2.39. The molecule has 0 atom stereocenters. The number of halogens is 2. The molecule has 3 rings (SSSR count). The van der Waals surface area contributed by atoms with Gasteiger partial charge in [-0.05, 0) is 39.7 Å². The minimum absolute atomic E-state index is 0.250. The van der Waals surface area contributed by atoms with E-state index < -0.39 is 0 Å². The molecule has 0 aliphatic heterocycles. The maximum absolute atomic E-state index is 13.4. The van der Waals surface area contributed by atoms with Gasteiger partial charge in [-0.2, -0.15) is 0 Å². The SMILES string of the molecule is Fc1ccc2ncc(Br)c(-c3ccccc3)c2c1. The molecule has 0 fully saturated rings. The molecule has 1 heterocycles. The predicted molar refractivity (Wildman–Crippen MR) is 74.8 cm³/mol. The molecule has 88 valence electrons. The number of hydrogen-bond donors (Lipinski definition) is 0. The highest BCUT2D eigenvalue weighted by Crippen LogP contribution is 2.34. The summed E-state index contributed by atoms with van der Waals surface area (Å²) < 4.78 is 14.3. The molecule has 0 aliphatic carbocycles. The van der Waals surface area contributed by atoms with E-state index in [4.69, 9.17) is 0 Å². The minimum atomic E-state index is -0.250. The Morgan fingerprint density at radius 1 is 1.00 bits per heavy atom. The second kappa shape index (κ2) is 4.50. The highest BCUT2D eigenvalue weighted by atomic mass is 79.9. The monoisotopic (exact) mass is 301 g/mol. The van der Waals surface area contributed by atoms with Crippen LogP contribution in [0.2, 0.25) is 0 Å². The molecule has 0 saturated heterocycles.